The number of carbonyl (C=O) groups is 1. The van der Waals surface area contributed by atoms with Gasteiger partial charge in [-0.3, -0.25) is 4.79 Å². The van der Waals surface area contributed by atoms with Gasteiger partial charge in [-0.15, -0.1) is 0 Å². The van der Waals surface area contributed by atoms with Crippen LogP contribution in [0.1, 0.15) is 18.3 Å². The van der Waals surface area contributed by atoms with Gasteiger partial charge in [0.25, 0.3) is 10.0 Å². The first-order valence-electron chi connectivity index (χ1n) is 9.23. The van der Waals surface area contributed by atoms with Crippen LogP contribution in [0.15, 0.2) is 34.8 Å². The second-order valence-electron chi connectivity index (χ2n) is 6.52. The number of nitrogens with one attached hydrogen (secondary N) is 4. The largest absolute Gasteiger partial charge is 0.369 e. The van der Waals surface area contributed by atoms with Gasteiger partial charge in [0.15, 0.2) is 9.34 Å². The van der Waals surface area contributed by atoms with E-state index in [-0.39, 0.29) is 21.8 Å². The van der Waals surface area contributed by atoms with Crippen molar-refractivity contribution in [2.75, 3.05) is 29.0 Å². The van der Waals surface area contributed by atoms with E-state index in [0.29, 0.717) is 29.8 Å². The maximum atomic E-state index is 12.4. The summed E-state index contributed by atoms with van der Waals surface area (Å²) in [5.74, 6) is 2.02. The van der Waals surface area contributed by atoms with Crippen molar-refractivity contribution in [3.05, 3.63) is 42.0 Å². The minimum Gasteiger partial charge on any atom is -0.369 e. The third kappa shape index (κ3) is 6.67. The zero-order valence-corrected chi connectivity index (χ0v) is 18.8. The molecule has 3 rings (SSSR count). The molecule has 0 atom stereocenters. The molecule has 3 heterocycles. The molecule has 4 N–H and O–H groups in total. The number of nitrogens with zero attached hydrogens (tertiary/aromatic N) is 4. The molecular weight excluding hydrogens is 440 g/mol. The monoisotopic (exact) mass is 462 g/mol. The number of rotatable bonds is 9. The van der Waals surface area contributed by atoms with Crippen molar-refractivity contribution >= 4 is 49.9 Å². The highest BCUT2D eigenvalue weighted by Crippen LogP contribution is 2.22. The quantitative estimate of drug-likeness (QED) is 0.350. The molecule has 0 aliphatic rings. The van der Waals surface area contributed by atoms with Crippen molar-refractivity contribution in [3.8, 4) is 0 Å². The highest BCUT2D eigenvalue weighted by Gasteiger charge is 2.17. The lowest BCUT2D eigenvalue weighted by atomic mass is 10.3. The fourth-order valence-electron chi connectivity index (χ4n) is 2.50. The van der Waals surface area contributed by atoms with E-state index in [9.17, 15) is 13.2 Å². The lowest BCUT2D eigenvalue weighted by Gasteiger charge is -2.10. The Morgan fingerprint density at radius 3 is 2.58 bits per heavy atom. The van der Waals surface area contributed by atoms with Gasteiger partial charge in [0.1, 0.15) is 23.3 Å². The molecule has 13 heteroatoms. The number of pyridine rings is 1. The number of hydrogen-bond donors (Lipinski definition) is 4. The Hall–Kier alpha value is -3.16. The highest BCUT2D eigenvalue weighted by molar-refractivity contribution is 7.91. The predicted molar refractivity (Wildman–Crippen MR) is 119 cm³/mol. The zero-order chi connectivity index (χ0) is 22.4. The minimum absolute atomic E-state index is 0.0197. The Kier molecular flexibility index (Phi) is 7.09. The van der Waals surface area contributed by atoms with Crippen molar-refractivity contribution in [1.82, 2.24) is 24.7 Å². The molecule has 164 valence electrons. The number of anilines is 4. The van der Waals surface area contributed by atoms with Gasteiger partial charge in [-0.2, -0.15) is 0 Å². The van der Waals surface area contributed by atoms with Crippen LogP contribution in [-0.2, 0) is 14.8 Å². The average molecular weight is 463 g/mol. The molecule has 3 aromatic heterocycles. The van der Waals surface area contributed by atoms with Crippen molar-refractivity contribution in [2.24, 2.45) is 0 Å². The van der Waals surface area contributed by atoms with Gasteiger partial charge in [-0.25, -0.2) is 33.1 Å². The third-order valence-electron chi connectivity index (χ3n) is 3.77. The maximum absolute atomic E-state index is 12.4. The molecule has 31 heavy (non-hydrogen) atoms. The smallest absolute Gasteiger partial charge is 0.251 e. The van der Waals surface area contributed by atoms with Crippen LogP contribution in [0.4, 0.5) is 22.6 Å². The molecule has 1 amide bonds. The van der Waals surface area contributed by atoms with E-state index in [2.05, 4.69) is 40.6 Å². The van der Waals surface area contributed by atoms with Crippen LogP contribution in [0.5, 0.6) is 0 Å². The summed E-state index contributed by atoms with van der Waals surface area (Å²) in [4.78, 5) is 27.8. The minimum atomic E-state index is -3.73. The average Bonchev–Trinajstić information content (AvgIpc) is 3.14. The summed E-state index contributed by atoms with van der Waals surface area (Å²) in [7, 11) is -3.73. The summed E-state index contributed by atoms with van der Waals surface area (Å²) in [6, 6.07) is 5.52. The predicted octanol–water partition coefficient (Wildman–Crippen LogP) is 2.04. The summed E-state index contributed by atoms with van der Waals surface area (Å²) in [6.07, 6.45) is 2.91. The fraction of sp³-hybridized carbons (Fsp3) is 0.278. The second-order valence-corrected chi connectivity index (χ2v) is 9.54. The Morgan fingerprint density at radius 2 is 1.84 bits per heavy atom. The summed E-state index contributed by atoms with van der Waals surface area (Å²) < 4.78 is 27.2. The van der Waals surface area contributed by atoms with Crippen LogP contribution < -0.4 is 20.7 Å². The SMILES string of the molecule is CC(=O)Nc1ncc(S(=O)(=O)NCCNc2cc(Nc3cc(C)ccn3)nc(C)n2)s1. The van der Waals surface area contributed by atoms with E-state index in [0.717, 1.165) is 16.9 Å². The Balaban J connectivity index is 1.56. The number of amides is 1. The summed E-state index contributed by atoms with van der Waals surface area (Å²) >= 11 is 0.880. The number of carbonyl (C=O) groups excluding carboxylic acids is 1. The van der Waals surface area contributed by atoms with Crippen LogP contribution in [-0.4, -0.2) is 47.4 Å². The molecule has 11 nitrogen and oxygen atoms in total. The Bertz CT molecular complexity index is 1180. The molecular formula is C18H22N8O3S2. The molecule has 0 aromatic carbocycles. The van der Waals surface area contributed by atoms with Gasteiger partial charge < -0.3 is 16.0 Å². The summed E-state index contributed by atoms with van der Waals surface area (Å²) in [5.41, 5.74) is 1.07. The topological polar surface area (TPSA) is 151 Å². The van der Waals surface area contributed by atoms with Gasteiger partial charge >= 0.3 is 0 Å². The van der Waals surface area contributed by atoms with E-state index in [1.165, 1.54) is 13.1 Å². The molecule has 0 fully saturated rings. The lowest BCUT2D eigenvalue weighted by molar-refractivity contribution is -0.114. The van der Waals surface area contributed by atoms with Crippen molar-refractivity contribution in [1.29, 1.82) is 0 Å². The summed E-state index contributed by atoms with van der Waals surface area (Å²) in [6.45, 7) is 5.49. The van der Waals surface area contributed by atoms with E-state index in [1.54, 1.807) is 19.2 Å². The van der Waals surface area contributed by atoms with E-state index >= 15 is 0 Å². The van der Waals surface area contributed by atoms with Crippen molar-refractivity contribution < 1.29 is 13.2 Å². The van der Waals surface area contributed by atoms with Gasteiger partial charge in [0.2, 0.25) is 5.91 Å². The highest BCUT2D eigenvalue weighted by atomic mass is 32.2. The molecule has 0 radical (unpaired) electrons. The first-order chi connectivity index (χ1) is 14.7. The maximum Gasteiger partial charge on any atom is 0.251 e. The standard InChI is InChI=1S/C18H22N8O3S2/c1-11-4-5-19-14(8-11)26-16-9-15(23-12(2)24-16)20-6-7-22-31(28,29)17-10-21-18(30-17)25-13(3)27/h4-5,8-10,22H,6-7H2,1-3H3,(H,21,25,27)(H2,19,20,23,24,26). The van der Waals surface area contributed by atoms with Gasteiger partial charge in [-0.1, -0.05) is 11.3 Å². The number of hydrogen-bond acceptors (Lipinski definition) is 10. The number of aromatic nitrogens is 4. The molecule has 0 spiro atoms. The van der Waals surface area contributed by atoms with Crippen molar-refractivity contribution in [3.63, 3.8) is 0 Å². The van der Waals surface area contributed by atoms with Crippen LogP contribution in [0.25, 0.3) is 0 Å². The van der Waals surface area contributed by atoms with Gasteiger partial charge in [0, 0.05) is 32.3 Å². The van der Waals surface area contributed by atoms with Gasteiger partial charge in [-0.05, 0) is 31.5 Å². The number of aryl methyl sites for hydroxylation is 2. The molecule has 0 aliphatic heterocycles. The third-order valence-corrected chi connectivity index (χ3v) is 6.60. The van der Waals surface area contributed by atoms with E-state index in [1.807, 2.05) is 19.1 Å². The Labute approximate surface area is 183 Å². The normalized spacial score (nSPS) is 11.2. The molecule has 0 unspecified atom stereocenters. The lowest BCUT2D eigenvalue weighted by Crippen LogP contribution is -2.28. The van der Waals surface area contributed by atoms with E-state index in [4.69, 9.17) is 0 Å². The van der Waals surface area contributed by atoms with E-state index < -0.39 is 10.0 Å². The second kappa shape index (κ2) is 9.76. The van der Waals surface area contributed by atoms with Gasteiger partial charge in [0.05, 0.1) is 6.20 Å². The molecule has 0 bridgehead atoms. The molecule has 0 saturated heterocycles. The fourth-order valence-corrected chi connectivity index (χ4v) is 4.65. The first-order valence-corrected chi connectivity index (χ1v) is 11.5. The number of thiazole rings is 1. The molecule has 0 aliphatic carbocycles. The van der Waals surface area contributed by atoms with Crippen LogP contribution in [0, 0.1) is 13.8 Å². The van der Waals surface area contributed by atoms with Crippen molar-refractivity contribution in [2.45, 2.75) is 25.0 Å². The number of sulfonamides is 1. The Morgan fingerprint density at radius 1 is 1.06 bits per heavy atom. The van der Waals surface area contributed by atoms with Crippen LogP contribution in [0.2, 0.25) is 0 Å². The molecule has 0 saturated carbocycles. The van der Waals surface area contributed by atoms with Crippen LogP contribution >= 0.6 is 11.3 Å². The van der Waals surface area contributed by atoms with Crippen LogP contribution in [0.3, 0.4) is 0 Å². The first kappa shape index (κ1) is 22.5. The molecule has 3 aromatic rings. The zero-order valence-electron chi connectivity index (χ0n) is 17.1. The summed E-state index contributed by atoms with van der Waals surface area (Å²) in [5, 5.41) is 8.88.